The van der Waals surface area contributed by atoms with Gasteiger partial charge < -0.3 is 4.90 Å². The van der Waals surface area contributed by atoms with E-state index in [-0.39, 0.29) is 0 Å². The second-order valence-electron chi connectivity index (χ2n) is 7.29. The predicted octanol–water partition coefficient (Wildman–Crippen LogP) is 4.23. The molecule has 0 amide bonds. The predicted molar refractivity (Wildman–Crippen MR) is 119 cm³/mol. The fourth-order valence-electron chi connectivity index (χ4n) is 3.62. The molecule has 0 radical (unpaired) electrons. The van der Waals surface area contributed by atoms with E-state index in [0.29, 0.717) is 36.1 Å². The summed E-state index contributed by atoms with van der Waals surface area (Å²) in [5.41, 5.74) is 3.93. The average Bonchev–Trinajstić information content (AvgIpc) is 3.30. The number of hydrogen-bond acceptors (Lipinski definition) is 5. The van der Waals surface area contributed by atoms with Gasteiger partial charge in [0.05, 0.1) is 9.77 Å². The number of rotatable bonds is 4. The van der Waals surface area contributed by atoms with E-state index < -0.39 is 10.0 Å². The molecule has 29 heavy (non-hydrogen) atoms. The molecule has 0 bridgehead atoms. The number of aryl methyl sites for hydroxylation is 3. The van der Waals surface area contributed by atoms with Gasteiger partial charge >= 0.3 is 0 Å². The van der Waals surface area contributed by atoms with E-state index in [1.165, 1.54) is 11.3 Å². The van der Waals surface area contributed by atoms with Crippen LogP contribution >= 0.6 is 22.9 Å². The number of sulfonamides is 1. The minimum atomic E-state index is -3.54. The number of aromatic amines is 1. The Balaban J connectivity index is 1.54. The van der Waals surface area contributed by atoms with Crippen LogP contribution in [0.25, 0.3) is 10.6 Å². The molecule has 1 aromatic carbocycles. The Morgan fingerprint density at radius 3 is 2.45 bits per heavy atom. The van der Waals surface area contributed by atoms with E-state index in [1.54, 1.807) is 10.4 Å². The topological polar surface area (TPSA) is 69.3 Å². The molecule has 0 saturated carbocycles. The lowest BCUT2D eigenvalue weighted by molar-refractivity contribution is 0.384. The SMILES string of the molecule is Cc1cc(-c2cc(S(=O)(=O)N3CCN(c4cc(Cl)ccc4C)CC3)c(C)s2)n[nH]1. The molecular formula is C20H23ClN4O2S2. The molecule has 1 saturated heterocycles. The Hall–Kier alpha value is -1.87. The van der Waals surface area contributed by atoms with E-state index in [1.807, 2.05) is 45.0 Å². The number of piperazine rings is 1. The lowest BCUT2D eigenvalue weighted by atomic mass is 10.1. The van der Waals surface area contributed by atoms with Crippen molar-refractivity contribution in [3.05, 3.63) is 51.5 Å². The Bertz CT molecular complexity index is 1150. The molecule has 0 aliphatic carbocycles. The van der Waals surface area contributed by atoms with Crippen LogP contribution < -0.4 is 4.90 Å². The molecule has 1 fully saturated rings. The zero-order valence-electron chi connectivity index (χ0n) is 16.6. The maximum absolute atomic E-state index is 13.3. The van der Waals surface area contributed by atoms with Crippen LogP contribution in [0.5, 0.6) is 0 Å². The molecule has 0 spiro atoms. The molecule has 2 aromatic heterocycles. The van der Waals surface area contributed by atoms with Gasteiger partial charge in [-0.05, 0) is 50.6 Å². The first kappa shape index (κ1) is 20.4. The second-order valence-corrected chi connectivity index (χ2v) is 10.9. The fraction of sp³-hybridized carbons (Fsp3) is 0.350. The number of nitrogens with one attached hydrogen (secondary N) is 1. The summed E-state index contributed by atoms with van der Waals surface area (Å²) in [6, 6.07) is 9.49. The zero-order valence-corrected chi connectivity index (χ0v) is 19.0. The van der Waals surface area contributed by atoms with Crippen molar-refractivity contribution in [2.24, 2.45) is 0 Å². The maximum Gasteiger partial charge on any atom is 0.244 e. The largest absolute Gasteiger partial charge is 0.369 e. The summed E-state index contributed by atoms with van der Waals surface area (Å²) in [5, 5.41) is 7.85. The van der Waals surface area contributed by atoms with Crippen molar-refractivity contribution in [3.8, 4) is 10.6 Å². The molecule has 0 atom stereocenters. The molecule has 4 rings (SSSR count). The number of hydrogen-bond donors (Lipinski definition) is 1. The van der Waals surface area contributed by atoms with Crippen LogP contribution in [0.15, 0.2) is 35.2 Å². The lowest BCUT2D eigenvalue weighted by Gasteiger charge is -2.36. The summed E-state index contributed by atoms with van der Waals surface area (Å²) >= 11 is 7.61. The van der Waals surface area contributed by atoms with Gasteiger partial charge in [0.2, 0.25) is 10.0 Å². The summed E-state index contributed by atoms with van der Waals surface area (Å²) in [4.78, 5) is 4.23. The highest BCUT2D eigenvalue weighted by atomic mass is 35.5. The molecule has 3 aromatic rings. The third-order valence-electron chi connectivity index (χ3n) is 5.20. The van der Waals surface area contributed by atoms with Crippen LogP contribution in [-0.4, -0.2) is 49.1 Å². The minimum Gasteiger partial charge on any atom is -0.369 e. The van der Waals surface area contributed by atoms with Crippen molar-refractivity contribution in [3.63, 3.8) is 0 Å². The third-order valence-corrected chi connectivity index (χ3v) is 8.66. The van der Waals surface area contributed by atoms with Crippen molar-refractivity contribution in [2.45, 2.75) is 25.7 Å². The Morgan fingerprint density at radius 2 is 1.79 bits per heavy atom. The molecule has 154 valence electrons. The average molecular weight is 451 g/mol. The van der Waals surface area contributed by atoms with Crippen molar-refractivity contribution < 1.29 is 8.42 Å². The van der Waals surface area contributed by atoms with Gasteiger partial charge in [-0.25, -0.2) is 8.42 Å². The number of anilines is 1. The normalized spacial score (nSPS) is 15.8. The molecule has 9 heteroatoms. The quantitative estimate of drug-likeness (QED) is 0.645. The van der Waals surface area contributed by atoms with Crippen LogP contribution in [0.2, 0.25) is 5.02 Å². The number of aromatic nitrogens is 2. The van der Waals surface area contributed by atoms with E-state index in [0.717, 1.165) is 32.4 Å². The Kier molecular flexibility index (Phi) is 5.46. The highest BCUT2D eigenvalue weighted by molar-refractivity contribution is 7.89. The standard InChI is InChI=1S/C20H23ClN4O2S2/c1-13-4-5-16(21)11-18(13)24-6-8-25(9-7-24)29(26,27)20-12-19(28-15(20)3)17-10-14(2)22-23-17/h4-5,10-12H,6-9H2,1-3H3,(H,22,23). The van der Waals surface area contributed by atoms with Gasteiger partial charge in [-0.15, -0.1) is 11.3 Å². The van der Waals surface area contributed by atoms with Crippen LogP contribution in [0, 0.1) is 20.8 Å². The molecule has 1 aliphatic rings. The second kappa shape index (κ2) is 7.75. The highest BCUT2D eigenvalue weighted by Gasteiger charge is 2.31. The van der Waals surface area contributed by atoms with Gasteiger partial charge in [0.15, 0.2) is 0 Å². The summed E-state index contributed by atoms with van der Waals surface area (Å²) in [5.74, 6) is 0. The summed E-state index contributed by atoms with van der Waals surface area (Å²) in [7, 11) is -3.54. The highest BCUT2D eigenvalue weighted by Crippen LogP contribution is 2.35. The molecule has 1 N–H and O–H groups in total. The molecule has 0 unspecified atom stereocenters. The number of benzene rings is 1. The number of thiophene rings is 1. The number of H-pyrrole nitrogens is 1. The minimum absolute atomic E-state index is 0.380. The first-order valence-corrected chi connectivity index (χ1v) is 12.0. The summed E-state index contributed by atoms with van der Waals surface area (Å²) < 4.78 is 28.2. The molecule has 6 nitrogen and oxygen atoms in total. The van der Waals surface area contributed by atoms with Crippen LogP contribution in [0.3, 0.4) is 0 Å². The van der Waals surface area contributed by atoms with Crippen molar-refractivity contribution >= 4 is 38.6 Å². The Morgan fingerprint density at radius 1 is 1.07 bits per heavy atom. The molecule has 1 aliphatic heterocycles. The van der Waals surface area contributed by atoms with E-state index in [4.69, 9.17) is 11.6 Å². The lowest BCUT2D eigenvalue weighted by Crippen LogP contribution is -2.48. The third kappa shape index (κ3) is 3.94. The van der Waals surface area contributed by atoms with Gasteiger partial charge in [0.25, 0.3) is 0 Å². The van der Waals surface area contributed by atoms with Crippen LogP contribution in [-0.2, 0) is 10.0 Å². The zero-order chi connectivity index (χ0) is 20.8. The van der Waals surface area contributed by atoms with Crippen LogP contribution in [0.4, 0.5) is 5.69 Å². The fourth-order valence-corrected chi connectivity index (χ4v) is 6.73. The molecule has 3 heterocycles. The van der Waals surface area contributed by atoms with Gasteiger partial charge in [0, 0.05) is 47.5 Å². The first-order chi connectivity index (χ1) is 13.8. The molecular weight excluding hydrogens is 428 g/mol. The maximum atomic E-state index is 13.3. The van der Waals surface area contributed by atoms with Gasteiger partial charge in [-0.2, -0.15) is 9.40 Å². The smallest absolute Gasteiger partial charge is 0.244 e. The monoisotopic (exact) mass is 450 g/mol. The number of halogens is 1. The summed E-state index contributed by atoms with van der Waals surface area (Å²) in [6.07, 6.45) is 0. The van der Waals surface area contributed by atoms with Crippen molar-refractivity contribution in [1.82, 2.24) is 14.5 Å². The van der Waals surface area contributed by atoms with Gasteiger partial charge in [-0.3, -0.25) is 5.10 Å². The van der Waals surface area contributed by atoms with E-state index >= 15 is 0 Å². The number of nitrogens with zero attached hydrogens (tertiary/aromatic N) is 3. The first-order valence-electron chi connectivity index (χ1n) is 9.40. The van der Waals surface area contributed by atoms with E-state index in [2.05, 4.69) is 15.1 Å². The van der Waals surface area contributed by atoms with Crippen LogP contribution in [0.1, 0.15) is 16.1 Å². The van der Waals surface area contributed by atoms with Crippen molar-refractivity contribution in [2.75, 3.05) is 31.1 Å². The Labute approximate surface area is 180 Å². The van der Waals surface area contributed by atoms with E-state index in [9.17, 15) is 8.42 Å². The summed E-state index contributed by atoms with van der Waals surface area (Å²) in [6.45, 7) is 7.98. The van der Waals surface area contributed by atoms with Crippen molar-refractivity contribution in [1.29, 1.82) is 0 Å². The van der Waals surface area contributed by atoms with Gasteiger partial charge in [0.1, 0.15) is 5.69 Å². The van der Waals surface area contributed by atoms with Gasteiger partial charge in [-0.1, -0.05) is 17.7 Å².